The zero-order valence-corrected chi connectivity index (χ0v) is 26.3. The number of carbonyl (C=O) groups excluding carboxylic acids is 3. The molecule has 0 aromatic heterocycles. The molecule has 0 spiro atoms. The number of urea groups is 1. The molecule has 0 radical (unpaired) electrons. The molecule has 2 atom stereocenters. The summed E-state index contributed by atoms with van der Waals surface area (Å²) >= 11 is 0. The van der Waals surface area contributed by atoms with E-state index in [9.17, 15) is 14.4 Å². The first-order valence-corrected chi connectivity index (χ1v) is 15.5. The number of fused-ring (bicyclic) bond motifs is 1. The molecule has 2 unspecified atom stereocenters. The average molecular weight is 593 g/mol. The minimum atomic E-state index is -0.701. The van der Waals surface area contributed by atoms with Gasteiger partial charge in [0, 0.05) is 12.5 Å². The maximum atomic E-state index is 14.2. The van der Waals surface area contributed by atoms with Crippen LogP contribution in [0.5, 0.6) is 0 Å². The summed E-state index contributed by atoms with van der Waals surface area (Å²) in [5.41, 5.74) is 2.48. The number of imide groups is 1. The predicted molar refractivity (Wildman–Crippen MR) is 176 cm³/mol. The standard InChI is InChI=1S/C38H44N2O4/c1-28(30-17-9-6-10-18-30)39-37(43)40(26-25-29-15-7-5-8-16-29)36(42)33(27-35(41)44-38(2,3)4)23-14-22-32-21-13-20-31-19-11-12-24-34(31)32/h5-13,15-21,24,28,33H,14,22-23,25-27H2,1-4H3,(H,39,43). The highest BCUT2D eigenvalue weighted by Gasteiger charge is 2.32. The van der Waals surface area contributed by atoms with Crippen molar-refractivity contribution in [3.63, 3.8) is 0 Å². The van der Waals surface area contributed by atoms with Crippen LogP contribution < -0.4 is 5.32 Å². The quantitative estimate of drug-likeness (QED) is 0.169. The van der Waals surface area contributed by atoms with E-state index in [4.69, 9.17) is 4.74 Å². The second kappa shape index (κ2) is 15.3. The van der Waals surface area contributed by atoms with Gasteiger partial charge in [-0.25, -0.2) is 4.79 Å². The van der Waals surface area contributed by atoms with E-state index in [1.807, 2.05) is 107 Å². The first-order chi connectivity index (χ1) is 21.1. The normalized spacial score (nSPS) is 12.7. The highest BCUT2D eigenvalue weighted by Crippen LogP contribution is 2.24. The highest BCUT2D eigenvalue weighted by molar-refractivity contribution is 5.97. The molecule has 1 N–H and O–H groups in total. The van der Waals surface area contributed by atoms with E-state index in [2.05, 4.69) is 29.6 Å². The van der Waals surface area contributed by atoms with Crippen LogP contribution in [0.1, 0.15) is 69.7 Å². The summed E-state index contributed by atoms with van der Waals surface area (Å²) in [6.45, 7) is 7.53. The molecule has 0 fully saturated rings. The number of ether oxygens (including phenoxy) is 1. The third-order valence-corrected chi connectivity index (χ3v) is 7.68. The average Bonchev–Trinajstić information content (AvgIpc) is 3.00. The molecule has 0 aliphatic heterocycles. The van der Waals surface area contributed by atoms with Gasteiger partial charge in [0.2, 0.25) is 5.91 Å². The van der Waals surface area contributed by atoms with Crippen LogP contribution in [0.4, 0.5) is 4.79 Å². The van der Waals surface area contributed by atoms with Gasteiger partial charge < -0.3 is 10.1 Å². The Morgan fingerprint density at radius 2 is 1.43 bits per heavy atom. The van der Waals surface area contributed by atoms with Gasteiger partial charge in [0.15, 0.2) is 0 Å². The molecule has 0 heterocycles. The van der Waals surface area contributed by atoms with Crippen LogP contribution >= 0.6 is 0 Å². The number of benzene rings is 4. The van der Waals surface area contributed by atoms with Crippen molar-refractivity contribution in [2.24, 2.45) is 5.92 Å². The van der Waals surface area contributed by atoms with Crippen LogP contribution in [0.2, 0.25) is 0 Å². The number of nitrogens with one attached hydrogen (secondary N) is 1. The van der Waals surface area contributed by atoms with E-state index >= 15 is 0 Å². The second-order valence-corrected chi connectivity index (χ2v) is 12.3. The van der Waals surface area contributed by atoms with Gasteiger partial charge in [-0.2, -0.15) is 0 Å². The van der Waals surface area contributed by atoms with Crippen molar-refractivity contribution < 1.29 is 19.1 Å². The monoisotopic (exact) mass is 592 g/mol. The van der Waals surface area contributed by atoms with Crippen LogP contribution in [0.15, 0.2) is 103 Å². The second-order valence-electron chi connectivity index (χ2n) is 12.3. The molecule has 6 heteroatoms. The summed E-state index contributed by atoms with van der Waals surface area (Å²) < 4.78 is 5.62. The molecule has 0 bridgehead atoms. The first kappa shape index (κ1) is 32.5. The fourth-order valence-electron chi connectivity index (χ4n) is 5.45. The largest absolute Gasteiger partial charge is 0.460 e. The zero-order chi connectivity index (χ0) is 31.5. The van der Waals surface area contributed by atoms with Crippen molar-refractivity contribution in [2.75, 3.05) is 6.54 Å². The summed E-state index contributed by atoms with van der Waals surface area (Å²) in [7, 11) is 0. The van der Waals surface area contributed by atoms with Crippen LogP contribution in [-0.2, 0) is 27.2 Å². The van der Waals surface area contributed by atoms with Crippen molar-refractivity contribution in [2.45, 2.75) is 71.4 Å². The Morgan fingerprint density at radius 3 is 2.14 bits per heavy atom. The van der Waals surface area contributed by atoms with Crippen molar-refractivity contribution in [1.29, 1.82) is 0 Å². The molecule has 0 saturated heterocycles. The summed E-state index contributed by atoms with van der Waals surface area (Å²) in [4.78, 5) is 42.3. The van der Waals surface area contributed by atoms with Gasteiger partial charge in [-0.1, -0.05) is 103 Å². The van der Waals surface area contributed by atoms with Crippen molar-refractivity contribution in [3.05, 3.63) is 120 Å². The van der Waals surface area contributed by atoms with Crippen molar-refractivity contribution in [1.82, 2.24) is 10.2 Å². The molecule has 4 rings (SSSR count). The van der Waals surface area contributed by atoms with Crippen LogP contribution in [0.25, 0.3) is 10.8 Å². The van der Waals surface area contributed by atoms with Crippen LogP contribution in [-0.4, -0.2) is 35.0 Å². The van der Waals surface area contributed by atoms with Crippen molar-refractivity contribution in [3.8, 4) is 0 Å². The van der Waals surface area contributed by atoms with E-state index < -0.39 is 23.5 Å². The number of amides is 3. The van der Waals surface area contributed by atoms with Gasteiger partial charge in [-0.3, -0.25) is 14.5 Å². The molecule has 0 aliphatic carbocycles. The van der Waals surface area contributed by atoms with E-state index in [1.165, 1.54) is 21.2 Å². The van der Waals surface area contributed by atoms with E-state index in [-0.39, 0.29) is 24.9 Å². The lowest BCUT2D eigenvalue weighted by atomic mass is 9.93. The molecule has 0 aliphatic rings. The van der Waals surface area contributed by atoms with Gasteiger partial charge in [-0.15, -0.1) is 0 Å². The smallest absolute Gasteiger partial charge is 0.324 e. The summed E-state index contributed by atoms with van der Waals surface area (Å²) in [5, 5.41) is 5.37. The van der Waals surface area contributed by atoms with Gasteiger partial charge in [0.05, 0.1) is 12.5 Å². The Hall–Kier alpha value is -4.45. The Bertz CT molecular complexity index is 1520. The van der Waals surface area contributed by atoms with Crippen LogP contribution in [0.3, 0.4) is 0 Å². The fraction of sp³-hybridized carbons (Fsp3) is 0.342. The molecule has 44 heavy (non-hydrogen) atoms. The maximum absolute atomic E-state index is 14.2. The maximum Gasteiger partial charge on any atom is 0.324 e. The van der Waals surface area contributed by atoms with Crippen LogP contribution in [0, 0.1) is 5.92 Å². The molecule has 4 aromatic carbocycles. The number of hydrogen-bond donors (Lipinski definition) is 1. The predicted octanol–water partition coefficient (Wildman–Crippen LogP) is 8.05. The van der Waals surface area contributed by atoms with E-state index in [0.717, 1.165) is 17.5 Å². The number of rotatable bonds is 12. The Kier molecular flexibility index (Phi) is 11.3. The molecular formula is C38H44N2O4. The van der Waals surface area contributed by atoms with Gasteiger partial charge >= 0.3 is 12.0 Å². The summed E-state index contributed by atoms with van der Waals surface area (Å²) in [6.07, 6.45) is 2.30. The third-order valence-electron chi connectivity index (χ3n) is 7.68. The Labute approximate surface area is 261 Å². The summed E-state index contributed by atoms with van der Waals surface area (Å²) in [5.74, 6) is -1.50. The molecule has 230 valence electrons. The summed E-state index contributed by atoms with van der Waals surface area (Å²) in [6, 6.07) is 33.2. The lowest BCUT2D eigenvalue weighted by Gasteiger charge is -2.28. The highest BCUT2D eigenvalue weighted by atomic mass is 16.6. The third kappa shape index (κ3) is 9.53. The molecule has 4 aromatic rings. The lowest BCUT2D eigenvalue weighted by Crippen LogP contribution is -2.48. The lowest BCUT2D eigenvalue weighted by molar-refractivity contribution is -0.158. The van der Waals surface area contributed by atoms with E-state index in [0.29, 0.717) is 19.3 Å². The van der Waals surface area contributed by atoms with Gasteiger partial charge in [0.25, 0.3) is 0 Å². The molecule has 3 amide bonds. The minimum absolute atomic E-state index is 0.0883. The Balaban J connectivity index is 1.55. The van der Waals surface area contributed by atoms with Gasteiger partial charge in [-0.05, 0) is 80.8 Å². The number of nitrogens with zero attached hydrogens (tertiary/aromatic N) is 1. The molecule has 6 nitrogen and oxygen atoms in total. The Morgan fingerprint density at radius 1 is 0.795 bits per heavy atom. The number of hydrogen-bond acceptors (Lipinski definition) is 4. The number of carbonyl (C=O) groups is 3. The SMILES string of the molecule is CC(NC(=O)N(CCc1ccccc1)C(=O)C(CCCc1cccc2ccccc12)CC(=O)OC(C)(C)C)c1ccccc1. The van der Waals surface area contributed by atoms with E-state index in [1.54, 1.807) is 0 Å². The van der Waals surface area contributed by atoms with Crippen molar-refractivity contribution >= 4 is 28.7 Å². The fourth-order valence-corrected chi connectivity index (χ4v) is 5.45. The minimum Gasteiger partial charge on any atom is -0.460 e. The molecule has 0 saturated carbocycles. The zero-order valence-electron chi connectivity index (χ0n) is 26.3. The van der Waals surface area contributed by atoms with Gasteiger partial charge in [0.1, 0.15) is 5.60 Å². The first-order valence-electron chi connectivity index (χ1n) is 15.5. The molecular weight excluding hydrogens is 548 g/mol. The number of esters is 1. The number of aryl methyl sites for hydroxylation is 1. The topological polar surface area (TPSA) is 75.7 Å².